The molecule has 6 heteroatoms. The predicted molar refractivity (Wildman–Crippen MR) is 97.3 cm³/mol. The number of nitrogens with one attached hydrogen (secondary N) is 2. The van der Waals surface area contributed by atoms with E-state index >= 15 is 0 Å². The average Bonchev–Trinajstić information content (AvgIpc) is 3.30. The summed E-state index contributed by atoms with van der Waals surface area (Å²) in [5.74, 6) is 1.53. The van der Waals surface area contributed by atoms with E-state index in [4.69, 9.17) is 4.52 Å². The number of aromatic nitrogens is 1. The van der Waals surface area contributed by atoms with Gasteiger partial charge in [-0.15, -0.1) is 0 Å². The highest BCUT2D eigenvalue weighted by molar-refractivity contribution is 6.03. The van der Waals surface area contributed by atoms with Gasteiger partial charge >= 0.3 is 0 Å². The van der Waals surface area contributed by atoms with Crippen molar-refractivity contribution in [3.05, 3.63) is 46.8 Å². The normalized spacial score (nSPS) is 21.8. The molecule has 2 aliphatic rings. The van der Waals surface area contributed by atoms with Crippen LogP contribution in [0.15, 0.2) is 28.8 Å². The molecular weight excluding hydrogens is 330 g/mol. The molecule has 26 heavy (non-hydrogen) atoms. The molecule has 0 bridgehead atoms. The fraction of sp³-hybridized carbons (Fsp3) is 0.450. The summed E-state index contributed by atoms with van der Waals surface area (Å²) < 4.78 is 5.22. The monoisotopic (exact) mass is 353 g/mol. The minimum Gasteiger partial charge on any atom is -0.360 e. The molecule has 2 fully saturated rings. The molecule has 2 aromatic rings. The Labute approximate surface area is 152 Å². The Hall–Kier alpha value is -2.63. The van der Waals surface area contributed by atoms with Crippen LogP contribution < -0.4 is 10.6 Å². The molecule has 0 aliphatic heterocycles. The third-order valence-corrected chi connectivity index (χ3v) is 5.18. The molecule has 6 nitrogen and oxygen atoms in total. The van der Waals surface area contributed by atoms with E-state index in [1.807, 2.05) is 6.92 Å². The third-order valence-electron chi connectivity index (χ3n) is 5.18. The number of amides is 2. The number of hydrogen-bond acceptors (Lipinski definition) is 4. The van der Waals surface area contributed by atoms with Crippen molar-refractivity contribution in [3.63, 3.8) is 0 Å². The lowest BCUT2D eigenvalue weighted by atomic mass is 9.82. The maximum atomic E-state index is 12.4. The van der Waals surface area contributed by atoms with Crippen molar-refractivity contribution < 1.29 is 14.1 Å². The van der Waals surface area contributed by atoms with E-state index in [2.05, 4.69) is 22.7 Å². The van der Waals surface area contributed by atoms with Crippen LogP contribution in [0.3, 0.4) is 0 Å². The molecule has 2 saturated carbocycles. The first-order valence-electron chi connectivity index (χ1n) is 9.19. The summed E-state index contributed by atoms with van der Waals surface area (Å²) in [6.45, 7) is 4.06. The zero-order chi connectivity index (χ0) is 18.3. The van der Waals surface area contributed by atoms with Crippen molar-refractivity contribution in [2.45, 2.75) is 51.5 Å². The van der Waals surface area contributed by atoms with Crippen LogP contribution in [0.1, 0.15) is 70.7 Å². The highest BCUT2D eigenvalue weighted by Gasteiger charge is 2.29. The number of benzene rings is 1. The van der Waals surface area contributed by atoms with Gasteiger partial charge in [-0.1, -0.05) is 12.1 Å². The van der Waals surface area contributed by atoms with Crippen molar-refractivity contribution >= 4 is 17.5 Å². The van der Waals surface area contributed by atoms with Crippen LogP contribution in [0, 0.1) is 12.8 Å². The second kappa shape index (κ2) is 6.59. The zero-order valence-corrected chi connectivity index (χ0v) is 15.0. The summed E-state index contributed by atoms with van der Waals surface area (Å²) in [7, 11) is 0. The molecule has 4 rings (SSSR count). The minimum atomic E-state index is -0.305. The Morgan fingerprint density at radius 2 is 1.92 bits per heavy atom. The largest absolute Gasteiger partial charge is 0.360 e. The molecule has 0 atom stereocenters. The fourth-order valence-electron chi connectivity index (χ4n) is 3.43. The summed E-state index contributed by atoms with van der Waals surface area (Å²) in [6.07, 6.45) is 4.27. The summed E-state index contributed by atoms with van der Waals surface area (Å²) in [5.41, 5.74) is 2.38. The van der Waals surface area contributed by atoms with Crippen LogP contribution in [0.25, 0.3) is 0 Å². The fourth-order valence-corrected chi connectivity index (χ4v) is 3.43. The summed E-state index contributed by atoms with van der Waals surface area (Å²) in [4.78, 5) is 24.7. The van der Waals surface area contributed by atoms with Crippen molar-refractivity contribution in [1.82, 2.24) is 10.5 Å². The van der Waals surface area contributed by atoms with Gasteiger partial charge in [0.25, 0.3) is 11.8 Å². The Balaban J connectivity index is 1.40. The lowest BCUT2D eigenvalue weighted by Crippen LogP contribution is -2.43. The molecule has 1 heterocycles. The molecule has 0 radical (unpaired) electrons. The number of rotatable bonds is 5. The number of anilines is 1. The van der Waals surface area contributed by atoms with Gasteiger partial charge < -0.3 is 15.2 Å². The van der Waals surface area contributed by atoms with Gasteiger partial charge in [-0.2, -0.15) is 0 Å². The molecule has 0 unspecified atom stereocenters. The quantitative estimate of drug-likeness (QED) is 0.859. The van der Waals surface area contributed by atoms with Crippen LogP contribution in [0.5, 0.6) is 0 Å². The average molecular weight is 353 g/mol. The van der Waals surface area contributed by atoms with Gasteiger partial charge in [0.05, 0.1) is 0 Å². The molecule has 2 aliphatic carbocycles. The van der Waals surface area contributed by atoms with Gasteiger partial charge in [-0.25, -0.2) is 0 Å². The van der Waals surface area contributed by atoms with Gasteiger partial charge in [-0.05, 0) is 62.3 Å². The molecular formula is C20H23N3O3. The van der Waals surface area contributed by atoms with Gasteiger partial charge in [0.2, 0.25) is 0 Å². The molecule has 1 aromatic carbocycles. The highest BCUT2D eigenvalue weighted by atomic mass is 16.5. The van der Waals surface area contributed by atoms with Crippen LogP contribution in [-0.2, 0) is 0 Å². The second-order valence-corrected chi connectivity index (χ2v) is 7.62. The van der Waals surface area contributed by atoms with E-state index in [0.29, 0.717) is 23.1 Å². The second-order valence-electron chi connectivity index (χ2n) is 7.62. The van der Waals surface area contributed by atoms with E-state index in [1.54, 1.807) is 24.3 Å². The van der Waals surface area contributed by atoms with Gasteiger partial charge in [0.15, 0.2) is 5.69 Å². The van der Waals surface area contributed by atoms with Crippen LogP contribution in [0.2, 0.25) is 0 Å². The van der Waals surface area contributed by atoms with Crippen LogP contribution in [0.4, 0.5) is 5.69 Å². The lowest BCUT2D eigenvalue weighted by Gasteiger charge is -2.33. The molecule has 1 aromatic heterocycles. The first-order chi connectivity index (χ1) is 12.5. The Morgan fingerprint density at radius 1 is 1.15 bits per heavy atom. The third kappa shape index (κ3) is 3.49. The van der Waals surface area contributed by atoms with Crippen LogP contribution >= 0.6 is 0 Å². The topological polar surface area (TPSA) is 84.2 Å². The van der Waals surface area contributed by atoms with Crippen molar-refractivity contribution in [2.75, 3.05) is 5.32 Å². The van der Waals surface area contributed by atoms with Crippen molar-refractivity contribution in [2.24, 2.45) is 5.92 Å². The first kappa shape index (κ1) is 16.8. The van der Waals surface area contributed by atoms with Crippen molar-refractivity contribution in [3.8, 4) is 0 Å². The smallest absolute Gasteiger partial charge is 0.277 e. The van der Waals surface area contributed by atoms with E-state index in [9.17, 15) is 9.59 Å². The van der Waals surface area contributed by atoms with Crippen molar-refractivity contribution in [1.29, 1.82) is 0 Å². The zero-order valence-electron chi connectivity index (χ0n) is 15.0. The molecule has 0 saturated heterocycles. The maximum absolute atomic E-state index is 12.4. The summed E-state index contributed by atoms with van der Waals surface area (Å²) in [5, 5.41) is 9.72. The van der Waals surface area contributed by atoms with Gasteiger partial charge in [0, 0.05) is 29.3 Å². The van der Waals surface area contributed by atoms with E-state index in [1.165, 1.54) is 0 Å². The minimum absolute atomic E-state index is 0.0529. The molecule has 2 N–H and O–H groups in total. The molecule has 0 spiro atoms. The maximum Gasteiger partial charge on any atom is 0.277 e. The number of carbonyl (C=O) groups excluding carboxylic acids is 2. The highest BCUT2D eigenvalue weighted by Crippen LogP contribution is 2.40. The summed E-state index contributed by atoms with van der Waals surface area (Å²) in [6, 6.07) is 7.29. The van der Waals surface area contributed by atoms with E-state index in [0.717, 1.165) is 37.0 Å². The molecule has 136 valence electrons. The Morgan fingerprint density at radius 3 is 2.58 bits per heavy atom. The molecule has 2 amide bonds. The van der Waals surface area contributed by atoms with Gasteiger partial charge in [0.1, 0.15) is 5.76 Å². The van der Waals surface area contributed by atoms with Crippen LogP contribution in [-0.4, -0.2) is 23.0 Å². The standard InChI is InChI=1S/C20H23N3O3/c1-11-7-15(8-11)22-19(24)16-6-5-14(9-12(16)2)21-20(25)17-10-18(26-23-17)13-3-4-13/h5-6,9-11,13,15H,3-4,7-8H2,1-2H3,(H,21,25)(H,22,24). The first-order valence-corrected chi connectivity index (χ1v) is 9.19. The van der Waals surface area contributed by atoms with Gasteiger partial charge in [-0.3, -0.25) is 9.59 Å². The number of nitrogens with zero attached hydrogens (tertiary/aromatic N) is 1. The Kier molecular flexibility index (Phi) is 4.26. The lowest BCUT2D eigenvalue weighted by molar-refractivity contribution is 0.0895. The summed E-state index contributed by atoms with van der Waals surface area (Å²) >= 11 is 0. The SMILES string of the molecule is Cc1cc(NC(=O)c2cc(C3CC3)on2)ccc1C(=O)NC1CC(C)C1. The number of aryl methyl sites for hydroxylation is 1. The number of hydrogen-bond donors (Lipinski definition) is 2. The number of carbonyl (C=O) groups is 2. The van der Waals surface area contributed by atoms with E-state index < -0.39 is 0 Å². The Bertz CT molecular complexity index is 848. The van der Waals surface area contributed by atoms with E-state index in [-0.39, 0.29) is 23.6 Å². The predicted octanol–water partition coefficient (Wildman–Crippen LogP) is 3.64.